The maximum atomic E-state index is 13.4. The van der Waals surface area contributed by atoms with Crippen molar-refractivity contribution in [3.8, 4) is 5.75 Å². The lowest BCUT2D eigenvalue weighted by molar-refractivity contribution is 0.261. The van der Waals surface area contributed by atoms with Crippen molar-refractivity contribution in [3.63, 3.8) is 0 Å². The Morgan fingerprint density at radius 3 is 2.50 bits per heavy atom. The van der Waals surface area contributed by atoms with Crippen molar-refractivity contribution in [2.45, 2.75) is 26.2 Å². The van der Waals surface area contributed by atoms with Crippen molar-refractivity contribution >= 4 is 5.69 Å². The van der Waals surface area contributed by atoms with Gasteiger partial charge in [-0.3, -0.25) is 4.90 Å². The van der Waals surface area contributed by atoms with Gasteiger partial charge in [-0.2, -0.15) is 0 Å². The summed E-state index contributed by atoms with van der Waals surface area (Å²) in [4.78, 5) is 4.77. The Labute approximate surface area is 156 Å². The molecule has 0 spiro atoms. The van der Waals surface area contributed by atoms with Crippen LogP contribution in [0.2, 0.25) is 0 Å². The van der Waals surface area contributed by atoms with Gasteiger partial charge < -0.3 is 9.64 Å². The number of methoxy groups -OCH3 is 1. The van der Waals surface area contributed by atoms with E-state index in [-0.39, 0.29) is 5.82 Å². The van der Waals surface area contributed by atoms with Crippen LogP contribution in [0.25, 0.3) is 0 Å². The summed E-state index contributed by atoms with van der Waals surface area (Å²) in [6, 6.07) is 13.5. The fourth-order valence-corrected chi connectivity index (χ4v) is 3.64. The second-order valence-corrected chi connectivity index (χ2v) is 6.95. The third kappa shape index (κ3) is 4.76. The van der Waals surface area contributed by atoms with Crippen LogP contribution in [-0.4, -0.2) is 44.7 Å². The Bertz CT molecular complexity index is 711. The number of piperazine rings is 1. The van der Waals surface area contributed by atoms with E-state index < -0.39 is 0 Å². The van der Waals surface area contributed by atoms with E-state index in [4.69, 9.17) is 4.74 Å². The molecule has 3 nitrogen and oxygen atoms in total. The molecular weight excluding hydrogens is 327 g/mol. The molecule has 0 aliphatic carbocycles. The van der Waals surface area contributed by atoms with E-state index in [1.54, 1.807) is 19.2 Å². The van der Waals surface area contributed by atoms with E-state index in [9.17, 15) is 4.39 Å². The average Bonchev–Trinajstić information content (AvgIpc) is 2.67. The van der Waals surface area contributed by atoms with Gasteiger partial charge in [0.05, 0.1) is 7.11 Å². The van der Waals surface area contributed by atoms with Crippen molar-refractivity contribution < 1.29 is 9.13 Å². The SMILES string of the molecule is CCCc1cc(CCN2CCN(c3cccc(F)c3)CC2)ccc1OC. The average molecular weight is 356 g/mol. The second-order valence-electron chi connectivity index (χ2n) is 6.95. The predicted molar refractivity (Wildman–Crippen MR) is 106 cm³/mol. The Morgan fingerprint density at radius 1 is 1.00 bits per heavy atom. The van der Waals surface area contributed by atoms with Crippen LogP contribution < -0.4 is 9.64 Å². The molecule has 26 heavy (non-hydrogen) atoms. The molecule has 3 rings (SSSR count). The Balaban J connectivity index is 1.51. The number of aryl methyl sites for hydroxylation is 1. The molecule has 0 bridgehead atoms. The number of hydrogen-bond acceptors (Lipinski definition) is 3. The fourth-order valence-electron chi connectivity index (χ4n) is 3.64. The van der Waals surface area contributed by atoms with Crippen molar-refractivity contribution in [3.05, 3.63) is 59.4 Å². The summed E-state index contributed by atoms with van der Waals surface area (Å²) in [5.41, 5.74) is 3.68. The van der Waals surface area contributed by atoms with E-state index in [0.717, 1.165) is 63.4 Å². The Morgan fingerprint density at radius 2 is 1.81 bits per heavy atom. The van der Waals surface area contributed by atoms with Crippen LogP contribution in [0.4, 0.5) is 10.1 Å². The Kier molecular flexibility index (Phi) is 6.51. The zero-order chi connectivity index (χ0) is 18.4. The topological polar surface area (TPSA) is 15.7 Å². The third-order valence-electron chi connectivity index (χ3n) is 5.13. The van der Waals surface area contributed by atoms with Gasteiger partial charge in [0.15, 0.2) is 0 Å². The molecule has 140 valence electrons. The van der Waals surface area contributed by atoms with Gasteiger partial charge in [0.25, 0.3) is 0 Å². The van der Waals surface area contributed by atoms with Gasteiger partial charge in [0, 0.05) is 38.4 Å². The normalized spacial score (nSPS) is 15.3. The summed E-state index contributed by atoms with van der Waals surface area (Å²) < 4.78 is 18.9. The van der Waals surface area contributed by atoms with Gasteiger partial charge in [0.2, 0.25) is 0 Å². The van der Waals surface area contributed by atoms with Crippen LogP contribution in [0.15, 0.2) is 42.5 Å². The van der Waals surface area contributed by atoms with Crippen LogP contribution in [-0.2, 0) is 12.8 Å². The fraction of sp³-hybridized carbons (Fsp3) is 0.455. The van der Waals surface area contributed by atoms with Gasteiger partial charge >= 0.3 is 0 Å². The highest BCUT2D eigenvalue weighted by Crippen LogP contribution is 2.22. The second kappa shape index (κ2) is 9.04. The number of rotatable bonds is 7. The minimum Gasteiger partial charge on any atom is -0.496 e. The molecule has 2 aromatic carbocycles. The van der Waals surface area contributed by atoms with E-state index in [2.05, 4.69) is 34.9 Å². The van der Waals surface area contributed by atoms with Crippen LogP contribution in [0, 0.1) is 5.82 Å². The van der Waals surface area contributed by atoms with Crippen molar-refractivity contribution in [2.75, 3.05) is 44.7 Å². The molecule has 4 heteroatoms. The van der Waals surface area contributed by atoms with Gasteiger partial charge in [-0.1, -0.05) is 31.5 Å². The van der Waals surface area contributed by atoms with Crippen LogP contribution in [0.1, 0.15) is 24.5 Å². The highest BCUT2D eigenvalue weighted by molar-refractivity contribution is 5.46. The third-order valence-corrected chi connectivity index (χ3v) is 5.13. The molecule has 0 radical (unpaired) electrons. The molecule has 0 amide bonds. The highest BCUT2D eigenvalue weighted by Gasteiger charge is 2.17. The van der Waals surface area contributed by atoms with E-state index >= 15 is 0 Å². The maximum absolute atomic E-state index is 13.4. The number of nitrogens with zero attached hydrogens (tertiary/aromatic N) is 2. The van der Waals surface area contributed by atoms with Gasteiger partial charge in [-0.25, -0.2) is 4.39 Å². The minimum atomic E-state index is -0.160. The number of hydrogen-bond donors (Lipinski definition) is 0. The van der Waals surface area contributed by atoms with Gasteiger partial charge in [-0.05, 0) is 48.2 Å². The lowest BCUT2D eigenvalue weighted by Gasteiger charge is -2.36. The first-order valence-corrected chi connectivity index (χ1v) is 9.58. The summed E-state index contributed by atoms with van der Waals surface area (Å²) in [6.07, 6.45) is 3.24. The quantitative estimate of drug-likeness (QED) is 0.741. The van der Waals surface area contributed by atoms with Gasteiger partial charge in [-0.15, -0.1) is 0 Å². The molecule has 1 aliphatic heterocycles. The molecular formula is C22H29FN2O. The van der Waals surface area contributed by atoms with E-state index in [1.165, 1.54) is 17.2 Å². The first-order valence-electron chi connectivity index (χ1n) is 9.58. The Hall–Kier alpha value is -2.07. The van der Waals surface area contributed by atoms with Crippen LogP contribution in [0.3, 0.4) is 0 Å². The molecule has 0 aromatic heterocycles. The zero-order valence-electron chi connectivity index (χ0n) is 15.9. The smallest absolute Gasteiger partial charge is 0.125 e. The maximum Gasteiger partial charge on any atom is 0.125 e. The number of halogens is 1. The first kappa shape index (κ1) is 18.7. The summed E-state index contributed by atoms with van der Waals surface area (Å²) in [6.45, 7) is 7.21. The van der Waals surface area contributed by atoms with Crippen LogP contribution in [0.5, 0.6) is 5.75 Å². The number of benzene rings is 2. The first-order chi connectivity index (χ1) is 12.7. The molecule has 0 saturated carbocycles. The lowest BCUT2D eigenvalue weighted by atomic mass is 10.0. The molecule has 1 heterocycles. The molecule has 0 atom stereocenters. The summed E-state index contributed by atoms with van der Waals surface area (Å²) >= 11 is 0. The standard InChI is InChI=1S/C22H29FN2O/c1-3-5-19-16-18(8-9-22(19)26-2)10-11-24-12-14-25(15-13-24)21-7-4-6-20(23)17-21/h4,6-9,16-17H,3,5,10-15H2,1-2H3. The highest BCUT2D eigenvalue weighted by atomic mass is 19.1. The molecule has 2 aromatic rings. The molecule has 1 fully saturated rings. The molecule has 1 aliphatic rings. The predicted octanol–water partition coefficient (Wildman–Crippen LogP) is 4.15. The number of ether oxygens (including phenoxy) is 1. The summed E-state index contributed by atoms with van der Waals surface area (Å²) in [5, 5.41) is 0. The van der Waals surface area contributed by atoms with Crippen molar-refractivity contribution in [2.24, 2.45) is 0 Å². The van der Waals surface area contributed by atoms with Crippen molar-refractivity contribution in [1.82, 2.24) is 4.90 Å². The summed E-state index contributed by atoms with van der Waals surface area (Å²) in [7, 11) is 1.74. The van der Waals surface area contributed by atoms with Gasteiger partial charge in [0.1, 0.15) is 11.6 Å². The largest absolute Gasteiger partial charge is 0.496 e. The minimum absolute atomic E-state index is 0.160. The van der Waals surface area contributed by atoms with Crippen molar-refractivity contribution in [1.29, 1.82) is 0 Å². The number of anilines is 1. The summed E-state index contributed by atoms with van der Waals surface area (Å²) in [5.74, 6) is 0.839. The molecule has 0 unspecified atom stereocenters. The zero-order valence-corrected chi connectivity index (χ0v) is 15.9. The monoisotopic (exact) mass is 356 g/mol. The molecule has 0 N–H and O–H groups in total. The van der Waals surface area contributed by atoms with E-state index in [1.807, 2.05) is 6.07 Å². The lowest BCUT2D eigenvalue weighted by Crippen LogP contribution is -2.47. The molecule has 1 saturated heterocycles. The van der Waals surface area contributed by atoms with Crippen LogP contribution >= 0.6 is 0 Å². The van der Waals surface area contributed by atoms with E-state index in [0.29, 0.717) is 0 Å².